The maximum absolute atomic E-state index is 11.9. The van der Waals surface area contributed by atoms with Gasteiger partial charge in [0.2, 0.25) is 0 Å². The molecule has 0 saturated heterocycles. The molecule has 0 aliphatic carbocycles. The Morgan fingerprint density at radius 2 is 2.06 bits per heavy atom. The highest BCUT2D eigenvalue weighted by Gasteiger charge is 2.23. The highest BCUT2D eigenvalue weighted by molar-refractivity contribution is 14.1. The largest absolute Gasteiger partial charge is 0.388 e. The summed E-state index contributed by atoms with van der Waals surface area (Å²) in [5, 5.41) is 13.4. The van der Waals surface area contributed by atoms with Crippen LogP contribution in [-0.4, -0.2) is 23.2 Å². The summed E-state index contributed by atoms with van der Waals surface area (Å²) in [7, 11) is 0. The Hall–Kier alpha value is -0.330. The molecule has 0 fully saturated rings. The van der Waals surface area contributed by atoms with Gasteiger partial charge in [-0.2, -0.15) is 0 Å². The summed E-state index contributed by atoms with van der Waals surface area (Å²) < 4.78 is 0.907. The number of hydrogen-bond donors (Lipinski definition) is 2. The Kier molecular flexibility index (Phi) is 5.88. The lowest BCUT2D eigenvalue weighted by Gasteiger charge is -2.25. The number of carbonyl (C=O) groups excluding carboxylic acids is 1. The van der Waals surface area contributed by atoms with Crippen LogP contribution in [0, 0.1) is 3.57 Å². The number of hydrogen-bond acceptors (Lipinski definition) is 2. The van der Waals surface area contributed by atoms with Gasteiger partial charge in [0.05, 0.1) is 10.6 Å². The van der Waals surface area contributed by atoms with Gasteiger partial charge in [0.15, 0.2) is 0 Å². The number of benzene rings is 1. The molecule has 0 aliphatic rings. The molecule has 0 spiro atoms. The van der Waals surface area contributed by atoms with Crippen molar-refractivity contribution in [2.45, 2.75) is 32.3 Å². The first-order valence-corrected chi connectivity index (χ1v) is 7.33. The van der Waals surface area contributed by atoms with Gasteiger partial charge < -0.3 is 10.4 Å². The van der Waals surface area contributed by atoms with Crippen LogP contribution in [0.25, 0.3) is 0 Å². The molecule has 1 rings (SSSR count). The number of rotatable bonds is 5. The Balaban J connectivity index is 2.68. The van der Waals surface area contributed by atoms with Crippen molar-refractivity contribution < 1.29 is 9.90 Å². The van der Waals surface area contributed by atoms with E-state index in [1.807, 2.05) is 13.8 Å². The smallest absolute Gasteiger partial charge is 0.251 e. The van der Waals surface area contributed by atoms with E-state index in [0.29, 0.717) is 23.4 Å². The van der Waals surface area contributed by atoms with Crippen LogP contribution in [0.5, 0.6) is 0 Å². The summed E-state index contributed by atoms with van der Waals surface area (Å²) in [5.74, 6) is -0.214. The Morgan fingerprint density at radius 3 is 2.56 bits per heavy atom. The topological polar surface area (TPSA) is 49.3 Å². The molecule has 18 heavy (non-hydrogen) atoms. The molecule has 0 aromatic heterocycles. The van der Waals surface area contributed by atoms with Crippen molar-refractivity contribution in [2.75, 3.05) is 6.54 Å². The van der Waals surface area contributed by atoms with Gasteiger partial charge in [0, 0.05) is 15.7 Å². The molecule has 1 amide bonds. The molecule has 0 aliphatic heterocycles. The molecule has 1 aromatic carbocycles. The van der Waals surface area contributed by atoms with Crippen LogP contribution in [0.2, 0.25) is 5.02 Å². The highest BCUT2D eigenvalue weighted by Crippen LogP contribution is 2.20. The van der Waals surface area contributed by atoms with Crippen molar-refractivity contribution in [2.24, 2.45) is 0 Å². The maximum Gasteiger partial charge on any atom is 0.251 e. The summed E-state index contributed by atoms with van der Waals surface area (Å²) in [4.78, 5) is 11.9. The van der Waals surface area contributed by atoms with Gasteiger partial charge in [-0.25, -0.2) is 0 Å². The Labute approximate surface area is 126 Å². The van der Waals surface area contributed by atoms with Crippen molar-refractivity contribution >= 4 is 40.1 Å². The van der Waals surface area contributed by atoms with Gasteiger partial charge in [-0.15, -0.1) is 0 Å². The summed E-state index contributed by atoms with van der Waals surface area (Å²) in [5.41, 5.74) is -0.321. The van der Waals surface area contributed by atoms with E-state index < -0.39 is 5.60 Å². The van der Waals surface area contributed by atoms with Crippen molar-refractivity contribution in [1.82, 2.24) is 5.32 Å². The van der Waals surface area contributed by atoms with Gasteiger partial charge in [0.25, 0.3) is 5.91 Å². The van der Waals surface area contributed by atoms with Crippen LogP contribution in [0.15, 0.2) is 18.2 Å². The number of aliphatic hydroxyl groups is 1. The second-order valence-corrected chi connectivity index (χ2v) is 5.81. The zero-order chi connectivity index (χ0) is 13.8. The maximum atomic E-state index is 11.9. The Bertz CT molecular complexity index is 433. The van der Waals surface area contributed by atoms with E-state index in [2.05, 4.69) is 27.9 Å². The van der Waals surface area contributed by atoms with E-state index in [1.165, 1.54) is 0 Å². The fourth-order valence-electron chi connectivity index (χ4n) is 1.48. The van der Waals surface area contributed by atoms with E-state index in [9.17, 15) is 9.90 Å². The Morgan fingerprint density at radius 1 is 1.44 bits per heavy atom. The molecule has 1 aromatic rings. The highest BCUT2D eigenvalue weighted by atomic mass is 127. The van der Waals surface area contributed by atoms with Gasteiger partial charge in [-0.1, -0.05) is 25.4 Å². The molecule has 0 atom stereocenters. The zero-order valence-electron chi connectivity index (χ0n) is 10.5. The van der Waals surface area contributed by atoms with Gasteiger partial charge in [0.1, 0.15) is 0 Å². The minimum atomic E-state index is -0.831. The molecule has 100 valence electrons. The SMILES string of the molecule is CCC(O)(CC)CNC(=O)c1ccc(I)c(Cl)c1. The standard InChI is InChI=1S/C13H17ClINO2/c1-3-13(18,4-2)8-16-12(17)9-5-6-11(15)10(14)7-9/h5-7,18H,3-4,8H2,1-2H3,(H,16,17). The van der Waals surface area contributed by atoms with Crippen LogP contribution in [0.4, 0.5) is 0 Å². The monoisotopic (exact) mass is 381 g/mol. The molecule has 5 heteroatoms. The molecule has 0 radical (unpaired) electrons. The average molecular weight is 382 g/mol. The van der Waals surface area contributed by atoms with Crippen molar-refractivity contribution in [1.29, 1.82) is 0 Å². The van der Waals surface area contributed by atoms with Crippen molar-refractivity contribution in [3.05, 3.63) is 32.4 Å². The third kappa shape index (κ3) is 4.10. The second-order valence-electron chi connectivity index (χ2n) is 4.24. The van der Waals surface area contributed by atoms with Crippen LogP contribution >= 0.6 is 34.2 Å². The summed E-state index contributed by atoms with van der Waals surface area (Å²) in [6.07, 6.45) is 1.22. The first-order valence-electron chi connectivity index (χ1n) is 5.87. The van der Waals surface area contributed by atoms with E-state index in [1.54, 1.807) is 18.2 Å². The molecule has 3 nitrogen and oxygen atoms in total. The van der Waals surface area contributed by atoms with E-state index in [4.69, 9.17) is 11.6 Å². The number of nitrogens with one attached hydrogen (secondary N) is 1. The average Bonchev–Trinajstić information content (AvgIpc) is 2.38. The lowest BCUT2D eigenvalue weighted by Crippen LogP contribution is -2.42. The molecule has 0 saturated carbocycles. The van der Waals surface area contributed by atoms with Gasteiger partial charge >= 0.3 is 0 Å². The molecular formula is C13H17ClINO2. The van der Waals surface area contributed by atoms with Gasteiger partial charge in [-0.05, 0) is 53.6 Å². The van der Waals surface area contributed by atoms with Gasteiger partial charge in [-0.3, -0.25) is 4.79 Å². The number of halogens is 2. The molecule has 2 N–H and O–H groups in total. The molecule has 0 unspecified atom stereocenters. The molecule has 0 heterocycles. The zero-order valence-corrected chi connectivity index (χ0v) is 13.4. The predicted octanol–water partition coefficient (Wildman–Crippen LogP) is 3.23. The first kappa shape index (κ1) is 15.7. The van der Waals surface area contributed by atoms with Crippen LogP contribution in [0.1, 0.15) is 37.0 Å². The fourth-order valence-corrected chi connectivity index (χ4v) is 2.00. The number of amides is 1. The normalized spacial score (nSPS) is 11.4. The third-order valence-electron chi connectivity index (χ3n) is 3.08. The lowest BCUT2D eigenvalue weighted by atomic mass is 9.97. The quantitative estimate of drug-likeness (QED) is 0.770. The first-order chi connectivity index (χ1) is 8.41. The minimum Gasteiger partial charge on any atom is -0.388 e. The third-order valence-corrected chi connectivity index (χ3v) is 4.65. The summed E-state index contributed by atoms with van der Waals surface area (Å²) >= 11 is 8.07. The number of carbonyl (C=O) groups is 1. The molecule has 0 bridgehead atoms. The van der Waals surface area contributed by atoms with E-state index >= 15 is 0 Å². The minimum absolute atomic E-state index is 0.214. The van der Waals surface area contributed by atoms with Crippen LogP contribution < -0.4 is 5.32 Å². The lowest BCUT2D eigenvalue weighted by molar-refractivity contribution is 0.0314. The van der Waals surface area contributed by atoms with E-state index in [-0.39, 0.29) is 12.5 Å². The molecular weight excluding hydrogens is 365 g/mol. The second kappa shape index (κ2) is 6.73. The van der Waals surface area contributed by atoms with Crippen molar-refractivity contribution in [3.63, 3.8) is 0 Å². The predicted molar refractivity (Wildman–Crippen MR) is 82.0 cm³/mol. The van der Waals surface area contributed by atoms with Crippen molar-refractivity contribution in [3.8, 4) is 0 Å². The van der Waals surface area contributed by atoms with E-state index in [0.717, 1.165) is 3.57 Å². The summed E-state index contributed by atoms with van der Waals surface area (Å²) in [6.45, 7) is 4.05. The fraction of sp³-hybridized carbons (Fsp3) is 0.462. The van der Waals surface area contributed by atoms with Crippen LogP contribution in [-0.2, 0) is 0 Å². The van der Waals surface area contributed by atoms with Crippen LogP contribution in [0.3, 0.4) is 0 Å². The summed E-state index contributed by atoms with van der Waals surface area (Å²) in [6, 6.07) is 5.15.